The van der Waals surface area contributed by atoms with E-state index >= 15 is 0 Å². The molecule has 3 nitrogen and oxygen atoms in total. The van der Waals surface area contributed by atoms with E-state index in [0.29, 0.717) is 5.25 Å². The first-order valence-electron chi connectivity index (χ1n) is 7.24. The number of nitrogens with one attached hydrogen (secondary N) is 1. The Labute approximate surface area is 125 Å². The fourth-order valence-corrected chi connectivity index (χ4v) is 2.99. The van der Waals surface area contributed by atoms with E-state index in [1.54, 1.807) is 6.33 Å². The highest BCUT2D eigenvalue weighted by Crippen LogP contribution is 2.27. The largest absolute Gasteiger partial charge is 0.316 e. The van der Waals surface area contributed by atoms with Crippen molar-refractivity contribution in [3.63, 3.8) is 0 Å². The molecule has 0 saturated carbocycles. The van der Waals surface area contributed by atoms with Gasteiger partial charge in [-0.2, -0.15) is 0 Å². The summed E-state index contributed by atoms with van der Waals surface area (Å²) in [5.74, 6) is 0.760. The van der Waals surface area contributed by atoms with Gasteiger partial charge in [-0.25, -0.2) is 9.97 Å². The minimum Gasteiger partial charge on any atom is -0.316 e. The minimum absolute atomic E-state index is 0.500. The van der Waals surface area contributed by atoms with Crippen LogP contribution < -0.4 is 5.32 Å². The van der Waals surface area contributed by atoms with Gasteiger partial charge in [0.2, 0.25) is 0 Å². The summed E-state index contributed by atoms with van der Waals surface area (Å²) in [6, 6.07) is 8.19. The number of rotatable bonds is 7. The van der Waals surface area contributed by atoms with Crippen molar-refractivity contribution >= 4 is 22.7 Å². The Morgan fingerprint density at radius 1 is 1.15 bits per heavy atom. The zero-order chi connectivity index (χ0) is 14.4. The molecule has 1 unspecified atom stereocenters. The van der Waals surface area contributed by atoms with Crippen molar-refractivity contribution in [1.29, 1.82) is 0 Å². The Morgan fingerprint density at radius 2 is 1.95 bits per heavy atom. The Hall–Kier alpha value is -1.13. The molecule has 1 aromatic heterocycles. The summed E-state index contributed by atoms with van der Waals surface area (Å²) >= 11 is 1.82. The summed E-state index contributed by atoms with van der Waals surface area (Å²) in [6.45, 7) is 8.85. The van der Waals surface area contributed by atoms with Gasteiger partial charge in [-0.1, -0.05) is 39.0 Å². The van der Waals surface area contributed by atoms with Crippen LogP contribution in [-0.4, -0.2) is 28.3 Å². The van der Waals surface area contributed by atoms with Crippen molar-refractivity contribution in [3.05, 3.63) is 30.6 Å². The molecule has 20 heavy (non-hydrogen) atoms. The molecule has 1 N–H and O–H groups in total. The predicted octanol–water partition coefficient (Wildman–Crippen LogP) is 3.75. The molecular formula is C16H23N3S. The molecule has 1 heterocycles. The quantitative estimate of drug-likeness (QED) is 0.478. The zero-order valence-electron chi connectivity index (χ0n) is 12.5. The third-order valence-electron chi connectivity index (χ3n) is 3.15. The van der Waals surface area contributed by atoms with Gasteiger partial charge in [-0.05, 0) is 24.9 Å². The molecule has 2 aromatic rings. The van der Waals surface area contributed by atoms with Gasteiger partial charge in [-0.3, -0.25) is 0 Å². The van der Waals surface area contributed by atoms with Crippen LogP contribution in [-0.2, 0) is 0 Å². The Morgan fingerprint density at radius 3 is 2.75 bits per heavy atom. The molecule has 2 rings (SSSR count). The SMILES string of the molecule is CC(C)CCNCC(C)Sc1ncnc2ccccc12. The monoisotopic (exact) mass is 289 g/mol. The number of aromatic nitrogens is 2. The van der Waals surface area contributed by atoms with Gasteiger partial charge in [-0.15, -0.1) is 11.8 Å². The van der Waals surface area contributed by atoms with Crippen LogP contribution in [0.25, 0.3) is 10.9 Å². The summed E-state index contributed by atoms with van der Waals surface area (Å²) in [6.07, 6.45) is 2.89. The maximum atomic E-state index is 4.43. The van der Waals surface area contributed by atoms with E-state index in [9.17, 15) is 0 Å². The first-order chi connectivity index (χ1) is 9.66. The normalized spacial score (nSPS) is 13.0. The van der Waals surface area contributed by atoms with Crippen LogP contribution >= 0.6 is 11.8 Å². The van der Waals surface area contributed by atoms with Crippen LogP contribution in [0.1, 0.15) is 27.2 Å². The molecule has 0 aliphatic carbocycles. The maximum absolute atomic E-state index is 4.43. The van der Waals surface area contributed by atoms with Gasteiger partial charge in [0, 0.05) is 17.2 Å². The fourth-order valence-electron chi connectivity index (χ4n) is 2.00. The lowest BCUT2D eigenvalue weighted by Gasteiger charge is -2.13. The molecule has 1 aromatic carbocycles. The average Bonchev–Trinajstić information content (AvgIpc) is 2.44. The van der Waals surface area contributed by atoms with Crippen molar-refractivity contribution in [2.75, 3.05) is 13.1 Å². The van der Waals surface area contributed by atoms with Crippen molar-refractivity contribution in [1.82, 2.24) is 15.3 Å². The molecule has 0 saturated heterocycles. The smallest absolute Gasteiger partial charge is 0.117 e. The van der Waals surface area contributed by atoms with E-state index in [4.69, 9.17) is 0 Å². The molecule has 0 amide bonds. The van der Waals surface area contributed by atoms with E-state index in [2.05, 4.69) is 42.1 Å². The second-order valence-corrected chi connectivity index (χ2v) is 6.94. The number of thioether (sulfide) groups is 1. The van der Waals surface area contributed by atoms with Gasteiger partial charge >= 0.3 is 0 Å². The molecule has 0 fully saturated rings. The Balaban J connectivity index is 1.91. The third-order valence-corrected chi connectivity index (χ3v) is 4.27. The molecule has 1 atom stereocenters. The molecule has 0 spiro atoms. The second kappa shape index (κ2) is 7.60. The zero-order valence-corrected chi connectivity index (χ0v) is 13.3. The molecule has 0 aliphatic rings. The average molecular weight is 289 g/mol. The number of nitrogens with zero attached hydrogens (tertiary/aromatic N) is 2. The van der Waals surface area contributed by atoms with Gasteiger partial charge < -0.3 is 5.32 Å². The van der Waals surface area contributed by atoms with Crippen LogP contribution in [0.3, 0.4) is 0 Å². The van der Waals surface area contributed by atoms with Crippen molar-refractivity contribution < 1.29 is 0 Å². The van der Waals surface area contributed by atoms with Crippen LogP contribution in [0.5, 0.6) is 0 Å². The lowest BCUT2D eigenvalue weighted by atomic mass is 10.1. The lowest BCUT2D eigenvalue weighted by molar-refractivity contribution is 0.539. The van der Waals surface area contributed by atoms with Crippen molar-refractivity contribution in [2.24, 2.45) is 5.92 Å². The first-order valence-corrected chi connectivity index (χ1v) is 8.12. The van der Waals surface area contributed by atoms with Gasteiger partial charge in [0.15, 0.2) is 0 Å². The number of fused-ring (bicyclic) bond motifs is 1. The molecule has 0 aliphatic heterocycles. The molecule has 0 bridgehead atoms. The fraction of sp³-hybridized carbons (Fsp3) is 0.500. The van der Waals surface area contributed by atoms with E-state index in [0.717, 1.165) is 34.9 Å². The van der Waals surface area contributed by atoms with E-state index in [1.165, 1.54) is 6.42 Å². The lowest BCUT2D eigenvalue weighted by Crippen LogP contribution is -2.24. The highest BCUT2D eigenvalue weighted by molar-refractivity contribution is 8.00. The molecule has 0 radical (unpaired) electrons. The summed E-state index contributed by atoms with van der Waals surface area (Å²) in [5.41, 5.74) is 1.02. The van der Waals surface area contributed by atoms with Gasteiger partial charge in [0.1, 0.15) is 11.4 Å². The number of benzene rings is 1. The number of hydrogen-bond acceptors (Lipinski definition) is 4. The topological polar surface area (TPSA) is 37.8 Å². The van der Waals surface area contributed by atoms with E-state index in [-0.39, 0.29) is 0 Å². The summed E-state index contributed by atoms with van der Waals surface area (Å²) in [5, 5.41) is 6.25. The third kappa shape index (κ3) is 4.46. The van der Waals surface area contributed by atoms with E-state index in [1.807, 2.05) is 30.0 Å². The van der Waals surface area contributed by atoms with Crippen molar-refractivity contribution in [2.45, 2.75) is 37.5 Å². The molecular weight excluding hydrogens is 266 g/mol. The van der Waals surface area contributed by atoms with E-state index < -0.39 is 0 Å². The Kier molecular flexibility index (Phi) is 5.80. The highest BCUT2D eigenvalue weighted by atomic mass is 32.2. The second-order valence-electron chi connectivity index (χ2n) is 5.51. The number of para-hydroxylation sites is 1. The Bertz CT molecular complexity index is 537. The summed E-state index contributed by atoms with van der Waals surface area (Å²) in [7, 11) is 0. The predicted molar refractivity (Wildman–Crippen MR) is 87.2 cm³/mol. The first kappa shape index (κ1) is 15.3. The number of hydrogen-bond donors (Lipinski definition) is 1. The summed E-state index contributed by atoms with van der Waals surface area (Å²) in [4.78, 5) is 8.73. The van der Waals surface area contributed by atoms with Gasteiger partial charge in [0.25, 0.3) is 0 Å². The van der Waals surface area contributed by atoms with Crippen LogP contribution in [0.2, 0.25) is 0 Å². The molecule has 4 heteroatoms. The van der Waals surface area contributed by atoms with Crippen molar-refractivity contribution in [3.8, 4) is 0 Å². The highest BCUT2D eigenvalue weighted by Gasteiger charge is 2.09. The minimum atomic E-state index is 0.500. The summed E-state index contributed by atoms with van der Waals surface area (Å²) < 4.78 is 0. The standard InChI is InChI=1S/C16H23N3S/c1-12(2)8-9-17-10-13(3)20-16-14-6-4-5-7-15(14)18-11-19-16/h4-7,11-13,17H,8-10H2,1-3H3. The maximum Gasteiger partial charge on any atom is 0.117 e. The van der Waals surface area contributed by atoms with Crippen LogP contribution in [0.15, 0.2) is 35.6 Å². The van der Waals surface area contributed by atoms with Crippen LogP contribution in [0.4, 0.5) is 0 Å². The van der Waals surface area contributed by atoms with Gasteiger partial charge in [0.05, 0.1) is 5.52 Å². The molecule has 108 valence electrons. The van der Waals surface area contributed by atoms with Crippen LogP contribution in [0, 0.1) is 5.92 Å².